The lowest BCUT2D eigenvalue weighted by Crippen LogP contribution is -2.43. The van der Waals surface area contributed by atoms with E-state index in [1.807, 2.05) is 23.4 Å². The molecule has 0 atom stereocenters. The van der Waals surface area contributed by atoms with E-state index in [2.05, 4.69) is 16.6 Å². The molecular weight excluding hydrogens is 242 g/mol. The summed E-state index contributed by atoms with van der Waals surface area (Å²) in [7, 11) is 1.94. The zero-order valence-electron chi connectivity index (χ0n) is 9.79. The molecule has 1 aromatic rings. The van der Waals surface area contributed by atoms with Crippen molar-refractivity contribution in [1.29, 1.82) is 0 Å². The van der Waals surface area contributed by atoms with Crippen molar-refractivity contribution in [3.05, 3.63) is 17.2 Å². The summed E-state index contributed by atoms with van der Waals surface area (Å²) in [5, 5.41) is 4.18. The first kappa shape index (κ1) is 12.3. The van der Waals surface area contributed by atoms with Gasteiger partial charge < -0.3 is 9.88 Å². The van der Waals surface area contributed by atoms with Crippen LogP contribution in [0.4, 0.5) is 0 Å². The lowest BCUT2D eigenvalue weighted by atomic mass is 9.84. The van der Waals surface area contributed by atoms with Crippen LogP contribution < -0.4 is 5.32 Å². The van der Waals surface area contributed by atoms with E-state index in [1.165, 1.54) is 19.3 Å². The number of rotatable bonds is 5. The molecule has 16 heavy (non-hydrogen) atoms. The van der Waals surface area contributed by atoms with E-state index in [1.54, 1.807) is 6.20 Å². The van der Waals surface area contributed by atoms with Crippen LogP contribution in [0.1, 0.15) is 25.1 Å². The van der Waals surface area contributed by atoms with Crippen LogP contribution in [0.25, 0.3) is 0 Å². The second-order valence-corrected chi connectivity index (χ2v) is 6.06. The molecule has 1 fully saturated rings. The molecule has 1 N–H and O–H groups in total. The number of nitrogens with one attached hydrogen (secondary N) is 1. The minimum Gasteiger partial charge on any atom is -0.321 e. The highest BCUT2D eigenvalue weighted by atomic mass is 35.5. The minimum absolute atomic E-state index is 0.481. The Morgan fingerprint density at radius 1 is 1.62 bits per heavy atom. The van der Waals surface area contributed by atoms with Crippen molar-refractivity contribution < 1.29 is 0 Å². The molecule has 0 bridgehead atoms. The third-order valence-corrected chi connectivity index (χ3v) is 5.23. The smallest absolute Gasteiger partial charge is 0.128 e. The summed E-state index contributed by atoms with van der Waals surface area (Å²) in [6.07, 6.45) is 7.95. The summed E-state index contributed by atoms with van der Waals surface area (Å²) in [5.74, 6) is 1.00. The fourth-order valence-electron chi connectivity index (χ4n) is 2.01. The quantitative estimate of drug-likeness (QED) is 0.881. The van der Waals surface area contributed by atoms with E-state index in [9.17, 15) is 0 Å². The third-order valence-electron chi connectivity index (χ3n) is 3.46. The normalized spacial score (nSPS) is 18.4. The van der Waals surface area contributed by atoms with E-state index in [4.69, 9.17) is 11.6 Å². The van der Waals surface area contributed by atoms with Crippen LogP contribution in [-0.4, -0.2) is 27.1 Å². The summed E-state index contributed by atoms with van der Waals surface area (Å²) < 4.78 is 2.40. The van der Waals surface area contributed by atoms with Crippen LogP contribution in [0.15, 0.2) is 6.20 Å². The van der Waals surface area contributed by atoms with Gasteiger partial charge in [-0.3, -0.25) is 0 Å². The average molecular weight is 260 g/mol. The first-order valence-electron chi connectivity index (χ1n) is 5.59. The van der Waals surface area contributed by atoms with Gasteiger partial charge in [0, 0.05) is 18.3 Å². The highest BCUT2D eigenvalue weighted by Crippen LogP contribution is 2.42. The molecule has 1 aliphatic rings. The molecule has 5 heteroatoms. The zero-order chi connectivity index (χ0) is 11.6. The number of hydrogen-bond acceptors (Lipinski definition) is 3. The van der Waals surface area contributed by atoms with Crippen molar-refractivity contribution in [2.75, 3.05) is 12.8 Å². The summed E-state index contributed by atoms with van der Waals surface area (Å²) >= 11 is 7.92. The van der Waals surface area contributed by atoms with E-state index < -0.39 is 0 Å². The van der Waals surface area contributed by atoms with Crippen LogP contribution >= 0.6 is 23.4 Å². The topological polar surface area (TPSA) is 29.9 Å². The predicted molar refractivity (Wildman–Crippen MR) is 70.0 cm³/mol. The molecule has 1 aromatic heterocycles. The maximum atomic E-state index is 5.93. The van der Waals surface area contributed by atoms with Crippen molar-refractivity contribution in [3.8, 4) is 0 Å². The first-order valence-corrected chi connectivity index (χ1v) is 7.19. The minimum atomic E-state index is 0.481. The van der Waals surface area contributed by atoms with Gasteiger partial charge in [-0.15, -0.1) is 0 Å². The van der Waals surface area contributed by atoms with Crippen molar-refractivity contribution in [2.45, 2.75) is 30.6 Å². The molecule has 2 rings (SSSR count). The van der Waals surface area contributed by atoms with Crippen molar-refractivity contribution in [3.63, 3.8) is 0 Å². The van der Waals surface area contributed by atoms with Crippen molar-refractivity contribution in [2.24, 2.45) is 7.05 Å². The van der Waals surface area contributed by atoms with Crippen molar-refractivity contribution >= 4 is 23.4 Å². The predicted octanol–water partition coefficient (Wildman–Crippen LogP) is 2.45. The first-order chi connectivity index (χ1) is 7.67. The molecule has 0 saturated heterocycles. The highest BCUT2D eigenvalue weighted by Gasteiger charge is 2.35. The molecule has 1 heterocycles. The zero-order valence-corrected chi connectivity index (χ0v) is 11.4. The molecular formula is C11H18ClN3S. The number of aromatic nitrogens is 2. The van der Waals surface area contributed by atoms with Gasteiger partial charge in [-0.1, -0.05) is 18.0 Å². The maximum Gasteiger partial charge on any atom is 0.128 e. The molecule has 0 radical (unpaired) electrons. The Kier molecular flexibility index (Phi) is 3.82. The molecule has 0 unspecified atom stereocenters. The second-order valence-electron chi connectivity index (χ2n) is 4.40. The van der Waals surface area contributed by atoms with E-state index in [0.29, 0.717) is 9.90 Å². The largest absolute Gasteiger partial charge is 0.321 e. The number of nitrogens with zero attached hydrogens (tertiary/aromatic N) is 2. The van der Waals surface area contributed by atoms with Gasteiger partial charge in [-0.05, 0) is 19.1 Å². The van der Waals surface area contributed by atoms with Gasteiger partial charge in [0.25, 0.3) is 0 Å². The lowest BCUT2D eigenvalue weighted by molar-refractivity contribution is 0.344. The molecule has 90 valence electrons. The number of halogens is 1. The highest BCUT2D eigenvalue weighted by molar-refractivity contribution is 8.00. The third kappa shape index (κ3) is 2.39. The molecule has 1 saturated carbocycles. The summed E-state index contributed by atoms with van der Waals surface area (Å²) in [4.78, 5) is 4.27. The number of imidazole rings is 1. The molecule has 1 aliphatic carbocycles. The molecule has 3 nitrogen and oxygen atoms in total. The van der Waals surface area contributed by atoms with Gasteiger partial charge in [0.05, 0.1) is 12.7 Å². The van der Waals surface area contributed by atoms with Crippen LogP contribution in [-0.2, 0) is 13.6 Å². The van der Waals surface area contributed by atoms with E-state index in [0.717, 1.165) is 18.9 Å². The Hall–Kier alpha value is -0.190. The second kappa shape index (κ2) is 4.98. The van der Waals surface area contributed by atoms with Gasteiger partial charge in [0.15, 0.2) is 0 Å². The molecule has 0 aromatic carbocycles. The monoisotopic (exact) mass is 259 g/mol. The fraction of sp³-hybridized carbons (Fsp3) is 0.727. The van der Waals surface area contributed by atoms with Gasteiger partial charge in [-0.2, -0.15) is 11.8 Å². The van der Waals surface area contributed by atoms with Gasteiger partial charge in [0.1, 0.15) is 11.0 Å². The SMILES string of the molecule is CSC1(CNCc2ncc(Cl)n2C)CCC1. The van der Waals surface area contributed by atoms with E-state index in [-0.39, 0.29) is 0 Å². The number of thioether (sulfide) groups is 1. The van der Waals surface area contributed by atoms with Gasteiger partial charge >= 0.3 is 0 Å². The Bertz CT molecular complexity index is 355. The Morgan fingerprint density at radius 2 is 2.38 bits per heavy atom. The maximum absolute atomic E-state index is 5.93. The van der Waals surface area contributed by atoms with Crippen molar-refractivity contribution in [1.82, 2.24) is 14.9 Å². The standard InChI is InChI=1S/C11H18ClN3S/c1-15-9(12)6-14-10(15)7-13-8-11(16-2)4-3-5-11/h6,13H,3-5,7-8H2,1-2H3. The van der Waals surface area contributed by atoms with Crippen LogP contribution in [0.3, 0.4) is 0 Å². The Balaban J connectivity index is 1.82. The van der Waals surface area contributed by atoms with Crippen LogP contribution in [0.5, 0.6) is 0 Å². The van der Waals surface area contributed by atoms with E-state index >= 15 is 0 Å². The summed E-state index contributed by atoms with van der Waals surface area (Å²) in [6.45, 7) is 1.87. The van der Waals surface area contributed by atoms with Gasteiger partial charge in [-0.25, -0.2) is 4.98 Å². The van der Waals surface area contributed by atoms with Gasteiger partial charge in [0.2, 0.25) is 0 Å². The van der Waals surface area contributed by atoms with Crippen LogP contribution in [0, 0.1) is 0 Å². The fourth-order valence-corrected chi connectivity index (χ4v) is 3.10. The molecule has 0 amide bonds. The van der Waals surface area contributed by atoms with Crippen LogP contribution in [0.2, 0.25) is 5.15 Å². The average Bonchev–Trinajstić information content (AvgIpc) is 2.53. The Morgan fingerprint density at radius 3 is 2.81 bits per heavy atom. The lowest BCUT2D eigenvalue weighted by Gasteiger charge is -2.40. The number of hydrogen-bond donors (Lipinski definition) is 1. The summed E-state index contributed by atoms with van der Waals surface area (Å²) in [5.41, 5.74) is 0. The molecule has 0 spiro atoms. The Labute approximate surface area is 106 Å². The molecule has 0 aliphatic heterocycles. The summed E-state index contributed by atoms with van der Waals surface area (Å²) in [6, 6.07) is 0.